The van der Waals surface area contributed by atoms with E-state index >= 15 is 0 Å². The summed E-state index contributed by atoms with van der Waals surface area (Å²) in [6.45, 7) is 3.68. The van der Waals surface area contributed by atoms with Gasteiger partial charge >= 0.3 is 0 Å². The molecule has 3 aromatic rings. The molecule has 1 aliphatic heterocycles. The molecule has 136 valence electrons. The third-order valence-electron chi connectivity index (χ3n) is 4.98. The number of fused-ring (bicyclic) bond motifs is 1. The highest BCUT2D eigenvalue weighted by Gasteiger charge is 2.21. The van der Waals surface area contributed by atoms with Gasteiger partial charge in [-0.05, 0) is 31.7 Å². The molecule has 2 aromatic heterocycles. The number of anilines is 2. The summed E-state index contributed by atoms with van der Waals surface area (Å²) in [6.07, 6.45) is 3.32. The second-order valence-electron chi connectivity index (χ2n) is 6.86. The van der Waals surface area contributed by atoms with E-state index in [9.17, 15) is 10.1 Å². The van der Waals surface area contributed by atoms with Gasteiger partial charge < -0.3 is 10.6 Å². The Morgan fingerprint density at radius 2 is 1.85 bits per heavy atom. The van der Waals surface area contributed by atoms with Gasteiger partial charge in [-0.25, -0.2) is 4.98 Å². The van der Waals surface area contributed by atoms with Crippen LogP contribution >= 0.6 is 0 Å². The number of H-pyrrole nitrogens is 1. The number of aromatic nitrogens is 3. The lowest BCUT2D eigenvalue weighted by molar-refractivity contribution is 0.568. The van der Waals surface area contributed by atoms with Crippen LogP contribution in [0.2, 0.25) is 0 Å². The zero-order chi connectivity index (χ0) is 19.0. The van der Waals surface area contributed by atoms with Crippen LogP contribution in [0.1, 0.15) is 30.4 Å². The number of nitrogens with zero attached hydrogens (tertiary/aromatic N) is 4. The second kappa shape index (κ2) is 6.72. The lowest BCUT2D eigenvalue weighted by Crippen LogP contribution is -2.32. The molecule has 1 saturated heterocycles. The van der Waals surface area contributed by atoms with E-state index in [0.29, 0.717) is 16.9 Å². The van der Waals surface area contributed by atoms with Crippen molar-refractivity contribution < 1.29 is 0 Å². The fraction of sp³-hybridized carbons (Fsp3) is 0.300. The normalized spacial score (nSPS) is 14.3. The average molecular weight is 360 g/mol. The molecule has 3 N–H and O–H groups in total. The largest absolute Gasteiger partial charge is 0.383 e. The summed E-state index contributed by atoms with van der Waals surface area (Å²) in [6, 6.07) is 9.72. The third-order valence-corrected chi connectivity index (χ3v) is 4.98. The van der Waals surface area contributed by atoms with Crippen molar-refractivity contribution >= 4 is 22.8 Å². The minimum Gasteiger partial charge on any atom is -0.383 e. The molecule has 0 atom stereocenters. The minimum absolute atomic E-state index is 0.0864. The minimum atomic E-state index is -0.305. The lowest BCUT2D eigenvalue weighted by atomic mass is 9.97. The second-order valence-corrected chi connectivity index (χ2v) is 6.86. The van der Waals surface area contributed by atoms with Crippen LogP contribution in [0.3, 0.4) is 0 Å². The Labute approximate surface area is 156 Å². The summed E-state index contributed by atoms with van der Waals surface area (Å²) in [5, 5.41) is 9.91. The number of hydrogen-bond donors (Lipinski definition) is 2. The monoisotopic (exact) mass is 360 g/mol. The van der Waals surface area contributed by atoms with Gasteiger partial charge in [0.05, 0.1) is 5.39 Å². The average Bonchev–Trinajstić information content (AvgIpc) is 2.68. The third kappa shape index (κ3) is 2.99. The molecule has 7 nitrogen and oxygen atoms in total. The number of pyridine rings is 1. The highest BCUT2D eigenvalue weighted by Crippen LogP contribution is 2.32. The molecule has 0 unspecified atom stereocenters. The summed E-state index contributed by atoms with van der Waals surface area (Å²) in [5.41, 5.74) is 8.52. The van der Waals surface area contributed by atoms with Gasteiger partial charge in [0.15, 0.2) is 5.65 Å². The number of benzene rings is 1. The number of nitriles is 1. The van der Waals surface area contributed by atoms with Gasteiger partial charge in [0.2, 0.25) is 5.95 Å². The van der Waals surface area contributed by atoms with Crippen LogP contribution < -0.4 is 16.2 Å². The maximum atomic E-state index is 13.0. The van der Waals surface area contributed by atoms with Gasteiger partial charge in [-0.15, -0.1) is 0 Å². The van der Waals surface area contributed by atoms with Crippen molar-refractivity contribution in [3.63, 3.8) is 0 Å². The molecule has 1 aromatic carbocycles. The van der Waals surface area contributed by atoms with Crippen molar-refractivity contribution in [3.05, 3.63) is 45.7 Å². The van der Waals surface area contributed by atoms with Gasteiger partial charge in [-0.2, -0.15) is 10.2 Å². The van der Waals surface area contributed by atoms with E-state index in [1.807, 2.05) is 31.2 Å². The molecular weight excluding hydrogens is 340 g/mol. The summed E-state index contributed by atoms with van der Waals surface area (Å²) >= 11 is 0. The Morgan fingerprint density at radius 3 is 2.52 bits per heavy atom. The van der Waals surface area contributed by atoms with E-state index in [2.05, 4.69) is 25.9 Å². The molecule has 0 aliphatic carbocycles. The smallest absolute Gasteiger partial charge is 0.262 e. The maximum absolute atomic E-state index is 13.0. The quantitative estimate of drug-likeness (QED) is 0.727. The van der Waals surface area contributed by atoms with Crippen LogP contribution in [0.25, 0.3) is 22.2 Å². The van der Waals surface area contributed by atoms with E-state index in [4.69, 9.17) is 5.73 Å². The number of nitrogens with one attached hydrogen (secondary N) is 1. The highest BCUT2D eigenvalue weighted by atomic mass is 16.1. The molecule has 27 heavy (non-hydrogen) atoms. The number of hydrogen-bond acceptors (Lipinski definition) is 6. The molecular formula is C20H20N6O. The first-order valence-electron chi connectivity index (χ1n) is 9.04. The lowest BCUT2D eigenvalue weighted by Gasteiger charge is -2.27. The van der Waals surface area contributed by atoms with Crippen LogP contribution in [0, 0.1) is 18.3 Å². The van der Waals surface area contributed by atoms with Crippen molar-refractivity contribution in [1.29, 1.82) is 5.26 Å². The number of aryl methyl sites for hydroxylation is 1. The molecule has 4 rings (SSSR count). The van der Waals surface area contributed by atoms with E-state index in [1.165, 1.54) is 6.42 Å². The predicted molar refractivity (Wildman–Crippen MR) is 106 cm³/mol. The maximum Gasteiger partial charge on any atom is 0.262 e. The number of nitrogens with two attached hydrogens (primary N) is 1. The molecule has 0 amide bonds. The summed E-state index contributed by atoms with van der Waals surface area (Å²) in [7, 11) is 0. The molecule has 0 bridgehead atoms. The summed E-state index contributed by atoms with van der Waals surface area (Å²) < 4.78 is 0. The van der Waals surface area contributed by atoms with E-state index < -0.39 is 0 Å². The number of aromatic amines is 1. The van der Waals surface area contributed by atoms with Gasteiger partial charge in [0.25, 0.3) is 5.56 Å². The number of rotatable bonds is 2. The van der Waals surface area contributed by atoms with Crippen molar-refractivity contribution in [1.82, 2.24) is 15.0 Å². The van der Waals surface area contributed by atoms with E-state index in [1.54, 1.807) is 0 Å². The first kappa shape index (κ1) is 17.0. The Bertz CT molecular complexity index is 1100. The van der Waals surface area contributed by atoms with Crippen LogP contribution in [0.4, 0.5) is 11.8 Å². The Hall–Kier alpha value is -3.40. The van der Waals surface area contributed by atoms with Gasteiger partial charge in [0, 0.05) is 18.7 Å². The molecule has 1 fully saturated rings. The van der Waals surface area contributed by atoms with Crippen molar-refractivity contribution in [2.24, 2.45) is 0 Å². The Kier molecular flexibility index (Phi) is 4.24. The van der Waals surface area contributed by atoms with Crippen LogP contribution in [0.5, 0.6) is 0 Å². The van der Waals surface area contributed by atoms with Crippen molar-refractivity contribution in [2.75, 3.05) is 23.7 Å². The summed E-state index contributed by atoms with van der Waals surface area (Å²) in [4.78, 5) is 26.7. The molecule has 0 spiro atoms. The fourth-order valence-electron chi connectivity index (χ4n) is 3.56. The SMILES string of the molecule is Cc1ccc(-c2c(C#N)c(N)nc3nc(N4CCCCC4)[nH]c(=O)c23)cc1. The van der Waals surface area contributed by atoms with Gasteiger partial charge in [-0.1, -0.05) is 29.8 Å². The molecule has 0 saturated carbocycles. The standard InChI is InChI=1S/C20H20N6O/c1-12-5-7-13(8-6-12)15-14(11-21)17(22)23-18-16(15)19(27)25-20(24-18)26-9-3-2-4-10-26/h5-8H,2-4,9-10H2,1H3,(H3,22,23,24,25,27). The first-order chi connectivity index (χ1) is 13.1. The molecule has 3 heterocycles. The van der Waals surface area contributed by atoms with E-state index in [0.717, 1.165) is 37.1 Å². The number of piperidine rings is 1. The van der Waals surface area contributed by atoms with Crippen LogP contribution in [-0.4, -0.2) is 28.0 Å². The zero-order valence-electron chi connectivity index (χ0n) is 15.1. The van der Waals surface area contributed by atoms with Crippen LogP contribution in [0.15, 0.2) is 29.1 Å². The summed E-state index contributed by atoms with van der Waals surface area (Å²) in [5.74, 6) is 0.599. The molecule has 0 radical (unpaired) electrons. The van der Waals surface area contributed by atoms with Crippen molar-refractivity contribution in [3.8, 4) is 17.2 Å². The number of nitrogen functional groups attached to an aromatic ring is 1. The van der Waals surface area contributed by atoms with Crippen LogP contribution in [-0.2, 0) is 0 Å². The first-order valence-corrected chi connectivity index (χ1v) is 9.04. The topological polar surface area (TPSA) is 112 Å². The fourth-order valence-corrected chi connectivity index (χ4v) is 3.56. The Balaban J connectivity index is 1.99. The predicted octanol–water partition coefficient (Wildman–Crippen LogP) is 2.74. The van der Waals surface area contributed by atoms with E-state index in [-0.39, 0.29) is 22.6 Å². The van der Waals surface area contributed by atoms with Gasteiger partial charge in [-0.3, -0.25) is 9.78 Å². The zero-order valence-corrected chi connectivity index (χ0v) is 15.1. The molecule has 1 aliphatic rings. The Morgan fingerprint density at radius 1 is 1.15 bits per heavy atom. The molecule has 7 heteroatoms. The van der Waals surface area contributed by atoms with Crippen molar-refractivity contribution in [2.45, 2.75) is 26.2 Å². The van der Waals surface area contributed by atoms with Gasteiger partial charge in [0.1, 0.15) is 17.5 Å². The highest BCUT2D eigenvalue weighted by molar-refractivity contribution is 5.97.